The molecule has 26 heavy (non-hydrogen) atoms. The normalized spacial score (nSPS) is 19.2. The summed E-state index contributed by atoms with van der Waals surface area (Å²) in [6.07, 6.45) is 2.40. The van der Waals surface area contributed by atoms with Gasteiger partial charge in [0.2, 0.25) is 5.89 Å². The van der Waals surface area contributed by atoms with Gasteiger partial charge in [0.1, 0.15) is 0 Å². The van der Waals surface area contributed by atoms with E-state index in [2.05, 4.69) is 50.3 Å². The molecule has 2 fully saturated rings. The molecule has 0 amide bonds. The van der Waals surface area contributed by atoms with Gasteiger partial charge in [-0.05, 0) is 25.0 Å². The Morgan fingerprint density at radius 3 is 2.46 bits per heavy atom. The molecule has 0 bridgehead atoms. The fourth-order valence-corrected chi connectivity index (χ4v) is 3.56. The van der Waals surface area contributed by atoms with E-state index in [1.807, 2.05) is 6.07 Å². The van der Waals surface area contributed by atoms with Crippen molar-refractivity contribution in [1.82, 2.24) is 24.9 Å². The summed E-state index contributed by atoms with van der Waals surface area (Å²) in [6.45, 7) is 5.84. The SMILES string of the molecule is c1ccc2nc(CN3CCN(Cc4noc(C5CC5)n4)CC3)ccc2c1. The van der Waals surface area contributed by atoms with E-state index in [-0.39, 0.29) is 0 Å². The van der Waals surface area contributed by atoms with E-state index in [9.17, 15) is 0 Å². The molecule has 2 aliphatic rings. The summed E-state index contributed by atoms with van der Waals surface area (Å²) in [5.41, 5.74) is 2.22. The van der Waals surface area contributed by atoms with Crippen molar-refractivity contribution in [2.45, 2.75) is 31.8 Å². The minimum absolute atomic E-state index is 0.530. The zero-order valence-electron chi connectivity index (χ0n) is 14.8. The summed E-state index contributed by atoms with van der Waals surface area (Å²) >= 11 is 0. The maximum atomic E-state index is 5.36. The molecule has 0 N–H and O–H groups in total. The van der Waals surface area contributed by atoms with Crippen LogP contribution < -0.4 is 0 Å². The molecule has 0 radical (unpaired) electrons. The summed E-state index contributed by atoms with van der Waals surface area (Å²) in [6, 6.07) is 12.6. The lowest BCUT2D eigenvalue weighted by atomic mass is 10.2. The van der Waals surface area contributed by atoms with E-state index >= 15 is 0 Å². The molecule has 0 atom stereocenters. The van der Waals surface area contributed by atoms with E-state index in [0.717, 1.165) is 62.2 Å². The third-order valence-electron chi connectivity index (χ3n) is 5.28. The summed E-state index contributed by atoms with van der Waals surface area (Å²) in [5, 5.41) is 5.34. The molecule has 134 valence electrons. The number of rotatable bonds is 5. The average Bonchev–Trinajstić information content (AvgIpc) is 3.43. The van der Waals surface area contributed by atoms with Gasteiger partial charge in [-0.25, -0.2) is 0 Å². The van der Waals surface area contributed by atoms with Crippen molar-refractivity contribution in [3.05, 3.63) is 53.8 Å². The molecule has 1 aliphatic carbocycles. The van der Waals surface area contributed by atoms with Crippen molar-refractivity contribution in [1.29, 1.82) is 0 Å². The van der Waals surface area contributed by atoms with Crippen LogP contribution in [-0.2, 0) is 13.1 Å². The molecule has 6 heteroatoms. The Morgan fingerprint density at radius 2 is 1.65 bits per heavy atom. The van der Waals surface area contributed by atoms with Gasteiger partial charge in [-0.15, -0.1) is 0 Å². The Labute approximate surface area is 152 Å². The predicted octanol–water partition coefficient (Wildman–Crippen LogP) is 2.81. The van der Waals surface area contributed by atoms with Crippen molar-refractivity contribution >= 4 is 10.9 Å². The zero-order chi connectivity index (χ0) is 17.3. The first kappa shape index (κ1) is 15.9. The van der Waals surface area contributed by atoms with Crippen molar-refractivity contribution in [2.75, 3.05) is 26.2 Å². The Hall–Kier alpha value is -2.31. The minimum Gasteiger partial charge on any atom is -0.339 e. The predicted molar refractivity (Wildman–Crippen MR) is 98.6 cm³/mol. The van der Waals surface area contributed by atoms with Crippen molar-refractivity contribution in [3.63, 3.8) is 0 Å². The van der Waals surface area contributed by atoms with Crippen molar-refractivity contribution in [3.8, 4) is 0 Å². The van der Waals surface area contributed by atoms with Crippen LogP contribution in [0.3, 0.4) is 0 Å². The molecule has 0 unspecified atom stereocenters. The van der Waals surface area contributed by atoms with E-state index in [1.165, 1.54) is 18.2 Å². The summed E-state index contributed by atoms with van der Waals surface area (Å²) in [4.78, 5) is 14.2. The van der Waals surface area contributed by atoms with Gasteiger partial charge in [-0.2, -0.15) is 4.98 Å². The van der Waals surface area contributed by atoms with Gasteiger partial charge in [0.25, 0.3) is 0 Å². The highest BCUT2D eigenvalue weighted by atomic mass is 16.5. The van der Waals surface area contributed by atoms with Gasteiger partial charge < -0.3 is 4.52 Å². The molecule has 3 aromatic rings. The molecule has 5 rings (SSSR count). The Balaban J connectivity index is 1.15. The average molecular weight is 349 g/mol. The maximum Gasteiger partial charge on any atom is 0.229 e. The van der Waals surface area contributed by atoms with Crippen LogP contribution in [0.15, 0.2) is 40.9 Å². The highest BCUT2D eigenvalue weighted by Crippen LogP contribution is 2.38. The summed E-state index contributed by atoms with van der Waals surface area (Å²) in [5.74, 6) is 2.19. The fourth-order valence-electron chi connectivity index (χ4n) is 3.56. The number of para-hydroxylation sites is 1. The number of hydrogen-bond donors (Lipinski definition) is 0. The Bertz CT molecular complexity index is 896. The standard InChI is InChI=1S/C20H23N5O/c1-2-4-18-15(3-1)7-8-17(21-18)13-24-9-11-25(12-10-24)14-19-22-20(26-23-19)16-5-6-16/h1-4,7-8,16H,5-6,9-14H2. The maximum absolute atomic E-state index is 5.36. The highest BCUT2D eigenvalue weighted by molar-refractivity contribution is 5.78. The fraction of sp³-hybridized carbons (Fsp3) is 0.450. The third kappa shape index (κ3) is 3.48. The van der Waals surface area contributed by atoms with Crippen LogP contribution in [0.2, 0.25) is 0 Å². The van der Waals surface area contributed by atoms with E-state index in [0.29, 0.717) is 5.92 Å². The number of nitrogens with zero attached hydrogens (tertiary/aromatic N) is 5. The third-order valence-corrected chi connectivity index (χ3v) is 5.28. The lowest BCUT2D eigenvalue weighted by molar-refractivity contribution is 0.118. The smallest absolute Gasteiger partial charge is 0.229 e. The molecule has 2 aromatic heterocycles. The van der Waals surface area contributed by atoms with Crippen LogP contribution in [0.5, 0.6) is 0 Å². The van der Waals surface area contributed by atoms with Crippen LogP contribution in [-0.4, -0.2) is 51.1 Å². The van der Waals surface area contributed by atoms with E-state index < -0.39 is 0 Å². The van der Waals surface area contributed by atoms with E-state index in [4.69, 9.17) is 9.51 Å². The minimum atomic E-state index is 0.530. The molecule has 1 aliphatic heterocycles. The van der Waals surface area contributed by atoms with Gasteiger partial charge >= 0.3 is 0 Å². The number of aromatic nitrogens is 3. The molecule has 1 aromatic carbocycles. The molecule has 1 saturated heterocycles. The summed E-state index contributed by atoms with van der Waals surface area (Å²) in [7, 11) is 0. The highest BCUT2D eigenvalue weighted by Gasteiger charge is 2.30. The number of piperazine rings is 1. The largest absolute Gasteiger partial charge is 0.339 e. The number of pyridine rings is 1. The number of benzene rings is 1. The first-order valence-electron chi connectivity index (χ1n) is 9.45. The summed E-state index contributed by atoms with van der Waals surface area (Å²) < 4.78 is 5.36. The lowest BCUT2D eigenvalue weighted by Gasteiger charge is -2.33. The number of hydrogen-bond acceptors (Lipinski definition) is 6. The van der Waals surface area contributed by atoms with Gasteiger partial charge in [-0.3, -0.25) is 14.8 Å². The van der Waals surface area contributed by atoms with Gasteiger partial charge in [-0.1, -0.05) is 29.4 Å². The second-order valence-electron chi connectivity index (χ2n) is 7.37. The van der Waals surface area contributed by atoms with Crippen LogP contribution in [0, 0.1) is 0 Å². The van der Waals surface area contributed by atoms with Crippen LogP contribution in [0.25, 0.3) is 10.9 Å². The van der Waals surface area contributed by atoms with Crippen LogP contribution >= 0.6 is 0 Å². The first-order chi connectivity index (χ1) is 12.8. The second kappa shape index (κ2) is 6.78. The first-order valence-corrected chi connectivity index (χ1v) is 9.45. The zero-order valence-corrected chi connectivity index (χ0v) is 14.8. The molecule has 6 nitrogen and oxygen atoms in total. The monoisotopic (exact) mass is 349 g/mol. The van der Waals surface area contributed by atoms with Gasteiger partial charge in [0, 0.05) is 44.0 Å². The molecular weight excluding hydrogens is 326 g/mol. The van der Waals surface area contributed by atoms with E-state index in [1.54, 1.807) is 0 Å². The topological polar surface area (TPSA) is 58.3 Å². The quantitative estimate of drug-likeness (QED) is 0.706. The Morgan fingerprint density at radius 1 is 0.885 bits per heavy atom. The van der Waals surface area contributed by atoms with Gasteiger partial charge in [0.05, 0.1) is 17.8 Å². The van der Waals surface area contributed by atoms with Crippen molar-refractivity contribution in [2.24, 2.45) is 0 Å². The van der Waals surface area contributed by atoms with Crippen LogP contribution in [0.4, 0.5) is 0 Å². The molecule has 1 saturated carbocycles. The second-order valence-corrected chi connectivity index (χ2v) is 7.37. The van der Waals surface area contributed by atoms with Crippen molar-refractivity contribution < 1.29 is 4.52 Å². The van der Waals surface area contributed by atoms with Crippen LogP contribution in [0.1, 0.15) is 36.2 Å². The molecule has 0 spiro atoms. The molecular formula is C20H23N5O. The lowest BCUT2D eigenvalue weighted by Crippen LogP contribution is -2.45. The van der Waals surface area contributed by atoms with Gasteiger partial charge in [0.15, 0.2) is 5.82 Å². The molecule has 3 heterocycles. The number of fused-ring (bicyclic) bond motifs is 1. The Kier molecular flexibility index (Phi) is 4.15.